The van der Waals surface area contributed by atoms with E-state index in [1.807, 2.05) is 0 Å². The van der Waals surface area contributed by atoms with Crippen molar-refractivity contribution in [3.05, 3.63) is 39.9 Å². The summed E-state index contributed by atoms with van der Waals surface area (Å²) in [7, 11) is 0. The van der Waals surface area contributed by atoms with Gasteiger partial charge in [-0.3, -0.25) is 10.1 Å². The summed E-state index contributed by atoms with van der Waals surface area (Å²) in [4.78, 5) is 10.1. The lowest BCUT2D eigenvalue weighted by Crippen LogP contribution is -2.27. The topological polar surface area (TPSA) is 78.4 Å². The van der Waals surface area contributed by atoms with E-state index in [4.69, 9.17) is 10.5 Å². The minimum Gasteiger partial charge on any atom is -0.381 e. The molecule has 1 aliphatic heterocycles. The molecule has 0 unspecified atom stereocenters. The summed E-state index contributed by atoms with van der Waals surface area (Å²) in [5.74, 6) is 0.408. The molecule has 0 radical (unpaired) electrons. The molecule has 5 nitrogen and oxygen atoms in total. The smallest absolute Gasteiger partial charge is 0.269 e. The summed E-state index contributed by atoms with van der Waals surface area (Å²) < 4.78 is 5.29. The van der Waals surface area contributed by atoms with Crippen LogP contribution < -0.4 is 5.73 Å². The second-order valence-electron chi connectivity index (χ2n) is 4.32. The van der Waals surface area contributed by atoms with Crippen molar-refractivity contribution in [2.24, 2.45) is 11.7 Å². The van der Waals surface area contributed by atoms with Gasteiger partial charge in [-0.05, 0) is 24.3 Å². The van der Waals surface area contributed by atoms with Crippen LogP contribution in [-0.2, 0) is 4.74 Å². The number of hydrogen-bond donors (Lipinski definition) is 1. The largest absolute Gasteiger partial charge is 0.381 e. The molecule has 2 N–H and O–H groups in total. The molecular formula is C12H16N2O3. The van der Waals surface area contributed by atoms with E-state index in [2.05, 4.69) is 0 Å². The van der Waals surface area contributed by atoms with Crippen LogP contribution in [0.2, 0.25) is 0 Å². The van der Waals surface area contributed by atoms with Crippen LogP contribution in [0.1, 0.15) is 24.4 Å². The number of benzene rings is 1. The van der Waals surface area contributed by atoms with E-state index >= 15 is 0 Å². The molecule has 1 saturated heterocycles. The molecule has 0 aromatic heterocycles. The van der Waals surface area contributed by atoms with Crippen molar-refractivity contribution >= 4 is 5.69 Å². The van der Waals surface area contributed by atoms with Crippen LogP contribution >= 0.6 is 0 Å². The number of nitrogens with zero attached hydrogens (tertiary/aromatic N) is 1. The van der Waals surface area contributed by atoms with Gasteiger partial charge in [0.25, 0.3) is 5.69 Å². The van der Waals surface area contributed by atoms with Crippen LogP contribution in [0.4, 0.5) is 5.69 Å². The highest BCUT2D eigenvalue weighted by atomic mass is 16.6. The summed E-state index contributed by atoms with van der Waals surface area (Å²) in [5, 5.41) is 10.5. The fourth-order valence-electron chi connectivity index (χ4n) is 2.17. The van der Waals surface area contributed by atoms with Crippen molar-refractivity contribution in [2.45, 2.75) is 18.9 Å². The summed E-state index contributed by atoms with van der Waals surface area (Å²) in [6.07, 6.45) is 1.91. The Hall–Kier alpha value is -1.46. The number of nitrogens with two attached hydrogens (primary N) is 1. The molecule has 92 valence electrons. The van der Waals surface area contributed by atoms with E-state index in [1.54, 1.807) is 12.1 Å². The molecule has 1 heterocycles. The maximum Gasteiger partial charge on any atom is 0.269 e. The number of nitro benzene ring substituents is 1. The van der Waals surface area contributed by atoms with Gasteiger partial charge < -0.3 is 10.5 Å². The first kappa shape index (κ1) is 12.0. The lowest BCUT2D eigenvalue weighted by molar-refractivity contribution is -0.384. The van der Waals surface area contributed by atoms with Crippen molar-refractivity contribution in [1.29, 1.82) is 0 Å². The first-order valence-electron chi connectivity index (χ1n) is 5.76. The van der Waals surface area contributed by atoms with Gasteiger partial charge in [0.15, 0.2) is 0 Å². The van der Waals surface area contributed by atoms with Gasteiger partial charge in [-0.1, -0.05) is 12.1 Å². The zero-order valence-electron chi connectivity index (χ0n) is 9.54. The zero-order chi connectivity index (χ0) is 12.3. The van der Waals surface area contributed by atoms with E-state index in [0.29, 0.717) is 5.92 Å². The molecule has 5 heteroatoms. The first-order chi connectivity index (χ1) is 8.18. The Balaban J connectivity index is 2.07. The lowest BCUT2D eigenvalue weighted by Gasteiger charge is -2.27. The fourth-order valence-corrected chi connectivity index (χ4v) is 2.17. The van der Waals surface area contributed by atoms with Gasteiger partial charge in [-0.15, -0.1) is 0 Å². The fraction of sp³-hybridized carbons (Fsp3) is 0.500. The highest BCUT2D eigenvalue weighted by Crippen LogP contribution is 2.28. The lowest BCUT2D eigenvalue weighted by atomic mass is 9.88. The molecule has 1 aromatic carbocycles. The molecular weight excluding hydrogens is 220 g/mol. The van der Waals surface area contributed by atoms with Gasteiger partial charge in [0.1, 0.15) is 0 Å². The molecule has 1 atom stereocenters. The van der Waals surface area contributed by atoms with Crippen LogP contribution in [0.3, 0.4) is 0 Å². The molecule has 0 amide bonds. The average molecular weight is 236 g/mol. The molecule has 0 saturated carbocycles. The Morgan fingerprint density at radius 2 is 1.88 bits per heavy atom. The molecule has 17 heavy (non-hydrogen) atoms. The van der Waals surface area contributed by atoms with E-state index in [9.17, 15) is 10.1 Å². The molecule has 1 fully saturated rings. The van der Waals surface area contributed by atoms with Gasteiger partial charge in [0.2, 0.25) is 0 Å². The summed E-state index contributed by atoms with van der Waals surface area (Å²) in [6.45, 7) is 1.51. The Kier molecular flexibility index (Phi) is 3.71. The quantitative estimate of drug-likeness (QED) is 0.643. The number of non-ortho nitro benzene ring substituents is 1. The predicted octanol–water partition coefficient (Wildman–Crippen LogP) is 2.02. The molecule has 1 aliphatic rings. The van der Waals surface area contributed by atoms with Crippen LogP contribution in [0.25, 0.3) is 0 Å². The minimum absolute atomic E-state index is 0.0558. The Morgan fingerprint density at radius 1 is 1.29 bits per heavy atom. The van der Waals surface area contributed by atoms with E-state index in [-0.39, 0.29) is 11.7 Å². The van der Waals surface area contributed by atoms with Gasteiger partial charge in [0, 0.05) is 31.4 Å². The van der Waals surface area contributed by atoms with Crippen LogP contribution in [-0.4, -0.2) is 18.1 Å². The first-order valence-corrected chi connectivity index (χ1v) is 5.76. The maximum atomic E-state index is 10.5. The van der Waals surface area contributed by atoms with Crippen molar-refractivity contribution in [2.75, 3.05) is 13.2 Å². The number of ether oxygens (including phenoxy) is 1. The summed E-state index contributed by atoms with van der Waals surface area (Å²) in [6, 6.07) is 6.46. The van der Waals surface area contributed by atoms with Crippen LogP contribution in [0.5, 0.6) is 0 Å². The molecule has 0 aliphatic carbocycles. The average Bonchev–Trinajstić information content (AvgIpc) is 2.39. The second-order valence-corrected chi connectivity index (χ2v) is 4.32. The standard InChI is InChI=1S/C12H16N2O3/c13-12(10-5-7-17-8-6-10)9-1-3-11(4-2-9)14(15)16/h1-4,10,12H,5-8,13H2/t12-/m0/s1. The maximum absolute atomic E-state index is 10.5. The third kappa shape index (κ3) is 2.81. The number of nitro groups is 1. The van der Waals surface area contributed by atoms with Crippen molar-refractivity contribution in [3.63, 3.8) is 0 Å². The monoisotopic (exact) mass is 236 g/mol. The predicted molar refractivity (Wildman–Crippen MR) is 63.6 cm³/mol. The van der Waals surface area contributed by atoms with Gasteiger partial charge in [-0.25, -0.2) is 0 Å². The normalized spacial score (nSPS) is 18.9. The molecule has 0 spiro atoms. The second kappa shape index (κ2) is 5.25. The number of hydrogen-bond acceptors (Lipinski definition) is 4. The SMILES string of the molecule is N[C@@H](c1ccc([N+](=O)[O-])cc1)C1CCOCC1. The summed E-state index contributed by atoms with van der Waals surface area (Å²) >= 11 is 0. The van der Waals surface area contributed by atoms with Gasteiger partial charge in [0.05, 0.1) is 4.92 Å². The van der Waals surface area contributed by atoms with E-state index in [1.165, 1.54) is 12.1 Å². The van der Waals surface area contributed by atoms with E-state index < -0.39 is 4.92 Å². The van der Waals surface area contributed by atoms with Crippen molar-refractivity contribution < 1.29 is 9.66 Å². The zero-order valence-corrected chi connectivity index (χ0v) is 9.54. The van der Waals surface area contributed by atoms with Crippen molar-refractivity contribution in [3.8, 4) is 0 Å². The van der Waals surface area contributed by atoms with E-state index in [0.717, 1.165) is 31.6 Å². The van der Waals surface area contributed by atoms with Gasteiger partial charge in [-0.2, -0.15) is 0 Å². The Labute approximate surface area is 99.7 Å². The Bertz CT molecular complexity index is 385. The highest BCUT2D eigenvalue weighted by molar-refractivity contribution is 5.34. The molecule has 2 rings (SSSR count). The molecule has 1 aromatic rings. The van der Waals surface area contributed by atoms with Crippen molar-refractivity contribution in [1.82, 2.24) is 0 Å². The van der Waals surface area contributed by atoms with Crippen LogP contribution in [0.15, 0.2) is 24.3 Å². The third-order valence-electron chi connectivity index (χ3n) is 3.26. The third-order valence-corrected chi connectivity index (χ3v) is 3.26. The molecule has 0 bridgehead atoms. The van der Waals surface area contributed by atoms with Gasteiger partial charge >= 0.3 is 0 Å². The minimum atomic E-state index is -0.399. The van der Waals surface area contributed by atoms with Crippen LogP contribution in [0, 0.1) is 16.0 Å². The summed E-state index contributed by atoms with van der Waals surface area (Å²) in [5.41, 5.74) is 7.24. The highest BCUT2D eigenvalue weighted by Gasteiger charge is 2.22. The number of rotatable bonds is 3. The Morgan fingerprint density at radius 3 is 2.41 bits per heavy atom.